The Hall–Kier alpha value is -3.93. The highest BCUT2D eigenvalue weighted by Crippen LogP contribution is 2.29. The molecule has 0 aliphatic heterocycles. The number of ether oxygens (including phenoxy) is 3. The predicted molar refractivity (Wildman–Crippen MR) is 128 cm³/mol. The van der Waals surface area contributed by atoms with E-state index in [0.717, 1.165) is 28.8 Å². The van der Waals surface area contributed by atoms with Gasteiger partial charge in [0.05, 0.1) is 38.5 Å². The van der Waals surface area contributed by atoms with E-state index in [0.29, 0.717) is 22.3 Å². The molecule has 1 aromatic heterocycles. The second kappa shape index (κ2) is 11.1. The molecule has 0 spiro atoms. The molecule has 12 heteroatoms. The maximum Gasteiger partial charge on any atom is 0.264 e. The standard InChI is InChI=1S/C21H25N7O4S/c1-13(14-5-7-15(30-2)8-6-14)24-25-20-26-27-21(28(20)22)33-12-19(29)23-17-11-16(31-3)9-10-18(17)32-4/h5-11H,12,22H2,1-4H3,(H,23,29)(H,25,26)/b24-13+. The molecule has 3 rings (SSSR count). The number of hydrazone groups is 1. The van der Waals surface area contributed by atoms with E-state index >= 15 is 0 Å². The van der Waals surface area contributed by atoms with Gasteiger partial charge in [0.25, 0.3) is 5.95 Å². The minimum absolute atomic E-state index is 0.0594. The lowest BCUT2D eigenvalue weighted by atomic mass is 10.1. The minimum Gasteiger partial charge on any atom is -0.497 e. The van der Waals surface area contributed by atoms with Gasteiger partial charge >= 0.3 is 0 Å². The van der Waals surface area contributed by atoms with E-state index in [4.69, 9.17) is 20.1 Å². The number of carbonyl (C=O) groups is 1. The monoisotopic (exact) mass is 471 g/mol. The van der Waals surface area contributed by atoms with Crippen molar-refractivity contribution in [2.45, 2.75) is 12.1 Å². The third kappa shape index (κ3) is 6.07. The summed E-state index contributed by atoms with van der Waals surface area (Å²) in [6.45, 7) is 1.85. The Balaban J connectivity index is 1.59. The number of amides is 1. The summed E-state index contributed by atoms with van der Waals surface area (Å²) < 4.78 is 16.8. The first-order valence-electron chi connectivity index (χ1n) is 9.75. The molecule has 0 aliphatic carbocycles. The van der Waals surface area contributed by atoms with Gasteiger partial charge in [0.1, 0.15) is 17.2 Å². The molecule has 0 radical (unpaired) electrons. The Morgan fingerprint density at radius 1 is 1.06 bits per heavy atom. The number of nitrogens with one attached hydrogen (secondary N) is 2. The Kier molecular flexibility index (Phi) is 7.97. The number of hydrogen-bond acceptors (Lipinski definition) is 10. The van der Waals surface area contributed by atoms with E-state index in [1.54, 1.807) is 32.4 Å². The Morgan fingerprint density at radius 3 is 2.42 bits per heavy atom. The second-order valence-electron chi connectivity index (χ2n) is 6.62. The van der Waals surface area contributed by atoms with Gasteiger partial charge in [-0.15, -0.1) is 10.2 Å². The molecule has 174 valence electrons. The molecular formula is C21H25N7O4S. The molecule has 0 unspecified atom stereocenters. The average molecular weight is 472 g/mol. The molecule has 4 N–H and O–H groups in total. The van der Waals surface area contributed by atoms with Gasteiger partial charge in [0, 0.05) is 6.07 Å². The van der Waals surface area contributed by atoms with E-state index in [2.05, 4.69) is 26.0 Å². The van der Waals surface area contributed by atoms with E-state index in [-0.39, 0.29) is 17.6 Å². The third-order valence-electron chi connectivity index (χ3n) is 4.51. The number of nitrogen functional groups attached to an aromatic ring is 1. The number of benzene rings is 2. The van der Waals surface area contributed by atoms with Crippen LogP contribution in [0.4, 0.5) is 11.6 Å². The van der Waals surface area contributed by atoms with Crippen LogP contribution in [0.3, 0.4) is 0 Å². The van der Waals surface area contributed by atoms with Crippen molar-refractivity contribution in [1.29, 1.82) is 0 Å². The fourth-order valence-electron chi connectivity index (χ4n) is 2.71. The molecule has 33 heavy (non-hydrogen) atoms. The third-order valence-corrected chi connectivity index (χ3v) is 5.45. The molecule has 0 bridgehead atoms. The zero-order valence-electron chi connectivity index (χ0n) is 18.7. The summed E-state index contributed by atoms with van der Waals surface area (Å²) in [4.78, 5) is 12.4. The highest BCUT2D eigenvalue weighted by molar-refractivity contribution is 7.99. The molecule has 0 saturated heterocycles. The van der Waals surface area contributed by atoms with Crippen molar-refractivity contribution in [1.82, 2.24) is 14.9 Å². The Morgan fingerprint density at radius 2 is 1.76 bits per heavy atom. The first kappa shape index (κ1) is 23.7. The first-order chi connectivity index (χ1) is 15.9. The van der Waals surface area contributed by atoms with Crippen LogP contribution < -0.4 is 30.8 Å². The zero-order valence-corrected chi connectivity index (χ0v) is 19.5. The van der Waals surface area contributed by atoms with Crippen molar-refractivity contribution < 1.29 is 19.0 Å². The molecule has 0 aliphatic rings. The second-order valence-corrected chi connectivity index (χ2v) is 7.56. The molecule has 3 aromatic rings. The van der Waals surface area contributed by atoms with Crippen LogP contribution in [-0.2, 0) is 4.79 Å². The van der Waals surface area contributed by atoms with Crippen molar-refractivity contribution in [3.63, 3.8) is 0 Å². The molecule has 11 nitrogen and oxygen atoms in total. The molecule has 1 heterocycles. The van der Waals surface area contributed by atoms with E-state index in [1.165, 1.54) is 11.8 Å². The van der Waals surface area contributed by atoms with Crippen molar-refractivity contribution in [2.24, 2.45) is 5.10 Å². The fraction of sp³-hybridized carbons (Fsp3) is 0.238. The highest BCUT2D eigenvalue weighted by atomic mass is 32.2. The lowest BCUT2D eigenvalue weighted by Crippen LogP contribution is -2.17. The Labute approximate surface area is 195 Å². The Bertz CT molecular complexity index is 1130. The summed E-state index contributed by atoms with van der Waals surface area (Å²) in [5.74, 6) is 7.95. The van der Waals surface area contributed by atoms with E-state index in [1.807, 2.05) is 31.2 Å². The number of hydrogen-bond donors (Lipinski definition) is 3. The van der Waals surface area contributed by atoms with Crippen LogP contribution in [0.2, 0.25) is 0 Å². The smallest absolute Gasteiger partial charge is 0.264 e. The van der Waals surface area contributed by atoms with Crippen molar-refractivity contribution >= 4 is 35.0 Å². The molecule has 1 amide bonds. The predicted octanol–water partition coefficient (Wildman–Crippen LogP) is 2.58. The quantitative estimate of drug-likeness (QED) is 0.176. The fourth-order valence-corrected chi connectivity index (χ4v) is 3.37. The van der Waals surface area contributed by atoms with E-state index < -0.39 is 0 Å². The van der Waals surface area contributed by atoms with Gasteiger partial charge in [-0.1, -0.05) is 11.8 Å². The van der Waals surface area contributed by atoms with Crippen LogP contribution in [0.1, 0.15) is 12.5 Å². The molecule has 2 aromatic carbocycles. The minimum atomic E-state index is -0.266. The number of rotatable bonds is 10. The average Bonchev–Trinajstić information content (AvgIpc) is 3.20. The molecule has 0 fully saturated rings. The molecular weight excluding hydrogens is 446 g/mol. The summed E-state index contributed by atoms with van der Waals surface area (Å²) in [5, 5.41) is 15.4. The van der Waals surface area contributed by atoms with Crippen molar-refractivity contribution in [3.8, 4) is 17.2 Å². The number of nitrogens with zero attached hydrogens (tertiary/aromatic N) is 4. The number of anilines is 2. The van der Waals surface area contributed by atoms with E-state index in [9.17, 15) is 4.79 Å². The van der Waals surface area contributed by atoms with Gasteiger partial charge in [0.2, 0.25) is 11.1 Å². The summed E-state index contributed by atoms with van der Waals surface area (Å²) >= 11 is 1.13. The van der Waals surface area contributed by atoms with Gasteiger partial charge < -0.3 is 25.4 Å². The first-order valence-corrected chi connectivity index (χ1v) is 10.7. The van der Waals surface area contributed by atoms with Crippen LogP contribution in [0.15, 0.2) is 52.7 Å². The van der Waals surface area contributed by atoms with Crippen molar-refractivity contribution in [3.05, 3.63) is 48.0 Å². The van der Waals surface area contributed by atoms with Gasteiger partial charge in [-0.2, -0.15) is 5.10 Å². The van der Waals surface area contributed by atoms with Crippen LogP contribution in [0, 0.1) is 0 Å². The summed E-state index contributed by atoms with van der Waals surface area (Å²) in [7, 11) is 4.68. The zero-order chi connectivity index (χ0) is 23.8. The highest BCUT2D eigenvalue weighted by Gasteiger charge is 2.14. The van der Waals surface area contributed by atoms with Crippen molar-refractivity contribution in [2.75, 3.05) is 43.7 Å². The normalized spacial score (nSPS) is 11.1. The maximum atomic E-state index is 12.4. The number of thioether (sulfide) groups is 1. The number of nitrogens with two attached hydrogens (primary N) is 1. The van der Waals surface area contributed by atoms with Gasteiger partial charge in [0.15, 0.2) is 0 Å². The van der Waals surface area contributed by atoms with Crippen LogP contribution in [0.25, 0.3) is 0 Å². The molecule has 0 atom stereocenters. The van der Waals surface area contributed by atoms with Gasteiger partial charge in [-0.3, -0.25) is 4.79 Å². The summed E-state index contributed by atoms with van der Waals surface area (Å²) in [6.07, 6.45) is 0. The SMILES string of the molecule is COc1ccc(/C(C)=N/Nc2nnc(SCC(=O)Nc3cc(OC)ccc3OC)n2N)cc1. The summed E-state index contributed by atoms with van der Waals surface area (Å²) in [6, 6.07) is 12.6. The van der Waals surface area contributed by atoms with Gasteiger partial charge in [-0.25, -0.2) is 10.1 Å². The van der Waals surface area contributed by atoms with Crippen LogP contribution >= 0.6 is 11.8 Å². The maximum absolute atomic E-state index is 12.4. The van der Waals surface area contributed by atoms with Crippen LogP contribution in [-0.4, -0.2) is 53.6 Å². The van der Waals surface area contributed by atoms with Crippen LogP contribution in [0.5, 0.6) is 17.2 Å². The molecule has 0 saturated carbocycles. The largest absolute Gasteiger partial charge is 0.497 e. The lowest BCUT2D eigenvalue weighted by molar-refractivity contribution is -0.113. The lowest BCUT2D eigenvalue weighted by Gasteiger charge is -2.11. The summed E-state index contributed by atoms with van der Waals surface area (Å²) in [5.41, 5.74) is 4.93. The topological polar surface area (TPSA) is 138 Å². The number of carbonyl (C=O) groups excluding carboxylic acids is 1. The number of aromatic nitrogens is 3. The van der Waals surface area contributed by atoms with Gasteiger partial charge in [-0.05, 0) is 48.9 Å². The number of methoxy groups -OCH3 is 3.